The van der Waals surface area contributed by atoms with Crippen LogP contribution < -0.4 is 5.32 Å². The van der Waals surface area contributed by atoms with E-state index in [1.807, 2.05) is 0 Å². The minimum absolute atomic E-state index is 1.03. The van der Waals surface area contributed by atoms with Crippen LogP contribution in [-0.4, -0.2) is 37.6 Å². The Hall–Kier alpha value is -0.0800. The number of rotatable bonds is 5. The summed E-state index contributed by atoms with van der Waals surface area (Å²) in [6.45, 7) is 6.62. The summed E-state index contributed by atoms with van der Waals surface area (Å²) >= 11 is 0. The molecular formula is C13H26N2. The molecule has 2 heteroatoms. The number of nitrogens with one attached hydrogen (secondary N) is 1. The zero-order valence-electron chi connectivity index (χ0n) is 10.0. The van der Waals surface area contributed by atoms with Gasteiger partial charge in [-0.1, -0.05) is 12.8 Å². The first-order valence-corrected chi connectivity index (χ1v) is 6.88. The van der Waals surface area contributed by atoms with Crippen LogP contribution in [0.2, 0.25) is 0 Å². The highest BCUT2D eigenvalue weighted by molar-refractivity contribution is 4.70. The smallest absolute Gasteiger partial charge is 0.00183 e. The van der Waals surface area contributed by atoms with E-state index in [0.29, 0.717) is 0 Å². The summed E-state index contributed by atoms with van der Waals surface area (Å²) in [5.74, 6) is 1.03. The van der Waals surface area contributed by atoms with Crippen molar-refractivity contribution in [3.05, 3.63) is 0 Å². The summed E-state index contributed by atoms with van der Waals surface area (Å²) in [4.78, 5) is 2.64. The van der Waals surface area contributed by atoms with Gasteiger partial charge < -0.3 is 10.2 Å². The summed E-state index contributed by atoms with van der Waals surface area (Å²) in [6, 6.07) is 0. The number of hydrogen-bond donors (Lipinski definition) is 1. The predicted molar refractivity (Wildman–Crippen MR) is 65.1 cm³/mol. The van der Waals surface area contributed by atoms with Crippen molar-refractivity contribution in [3.63, 3.8) is 0 Å². The predicted octanol–water partition coefficient (Wildman–Crippen LogP) is 2.25. The molecular weight excluding hydrogens is 184 g/mol. The zero-order valence-corrected chi connectivity index (χ0v) is 10.0. The third-order valence-electron chi connectivity index (χ3n) is 3.99. The number of likely N-dealkylation sites (tertiary alicyclic amines) is 1. The second-order valence-corrected chi connectivity index (χ2v) is 5.24. The van der Waals surface area contributed by atoms with Crippen molar-refractivity contribution in [3.8, 4) is 0 Å². The average molecular weight is 210 g/mol. The van der Waals surface area contributed by atoms with Gasteiger partial charge in [-0.25, -0.2) is 0 Å². The van der Waals surface area contributed by atoms with Gasteiger partial charge in [0, 0.05) is 0 Å². The molecule has 0 aliphatic carbocycles. The van der Waals surface area contributed by atoms with Crippen LogP contribution in [0.5, 0.6) is 0 Å². The molecule has 0 aromatic carbocycles. The normalized spacial score (nSPS) is 24.8. The fourth-order valence-electron chi connectivity index (χ4n) is 2.95. The Morgan fingerprint density at radius 1 is 1.00 bits per heavy atom. The molecule has 2 rings (SSSR count). The standard InChI is InChI=1S/C13H26N2/c1(2-10-15-11-3-4-12-15)5-13-6-8-14-9-7-13/h13-14H,1-12H2. The first-order valence-electron chi connectivity index (χ1n) is 6.88. The van der Waals surface area contributed by atoms with Gasteiger partial charge in [-0.2, -0.15) is 0 Å². The molecule has 2 fully saturated rings. The zero-order chi connectivity index (χ0) is 10.3. The summed E-state index contributed by atoms with van der Waals surface area (Å²) in [7, 11) is 0. The molecule has 2 aliphatic rings. The third kappa shape index (κ3) is 4.12. The largest absolute Gasteiger partial charge is 0.317 e. The molecule has 2 heterocycles. The van der Waals surface area contributed by atoms with Gasteiger partial charge in [-0.15, -0.1) is 0 Å². The highest BCUT2D eigenvalue weighted by atomic mass is 15.1. The van der Waals surface area contributed by atoms with E-state index in [1.54, 1.807) is 0 Å². The average Bonchev–Trinajstić information content (AvgIpc) is 2.79. The van der Waals surface area contributed by atoms with E-state index in [2.05, 4.69) is 10.2 Å². The Balaban J connectivity index is 1.47. The van der Waals surface area contributed by atoms with E-state index in [9.17, 15) is 0 Å². The summed E-state index contributed by atoms with van der Waals surface area (Å²) in [5, 5.41) is 3.44. The fourth-order valence-corrected chi connectivity index (χ4v) is 2.95. The fraction of sp³-hybridized carbons (Fsp3) is 1.00. The summed E-state index contributed by atoms with van der Waals surface area (Å²) < 4.78 is 0. The lowest BCUT2D eigenvalue weighted by Crippen LogP contribution is -2.27. The maximum atomic E-state index is 3.44. The van der Waals surface area contributed by atoms with Crippen molar-refractivity contribution < 1.29 is 0 Å². The van der Waals surface area contributed by atoms with E-state index >= 15 is 0 Å². The highest BCUT2D eigenvalue weighted by Crippen LogP contribution is 2.19. The van der Waals surface area contributed by atoms with Crippen LogP contribution in [-0.2, 0) is 0 Å². The second kappa shape index (κ2) is 6.49. The molecule has 0 aromatic rings. The van der Waals surface area contributed by atoms with E-state index < -0.39 is 0 Å². The molecule has 0 radical (unpaired) electrons. The van der Waals surface area contributed by atoms with Gasteiger partial charge in [-0.05, 0) is 70.7 Å². The Bertz CT molecular complexity index is 158. The van der Waals surface area contributed by atoms with Crippen LogP contribution in [0.25, 0.3) is 0 Å². The van der Waals surface area contributed by atoms with Gasteiger partial charge in [0.05, 0.1) is 0 Å². The Morgan fingerprint density at radius 3 is 2.47 bits per heavy atom. The molecule has 0 aromatic heterocycles. The van der Waals surface area contributed by atoms with Crippen molar-refractivity contribution in [1.82, 2.24) is 10.2 Å². The number of nitrogens with zero attached hydrogens (tertiary/aromatic N) is 1. The quantitative estimate of drug-likeness (QED) is 0.700. The monoisotopic (exact) mass is 210 g/mol. The second-order valence-electron chi connectivity index (χ2n) is 5.24. The van der Waals surface area contributed by atoms with Crippen LogP contribution in [0.1, 0.15) is 44.9 Å². The van der Waals surface area contributed by atoms with Crippen molar-refractivity contribution in [2.75, 3.05) is 32.7 Å². The summed E-state index contributed by atoms with van der Waals surface area (Å²) in [6.07, 6.45) is 10.1. The topological polar surface area (TPSA) is 15.3 Å². The molecule has 2 nitrogen and oxygen atoms in total. The van der Waals surface area contributed by atoms with Crippen LogP contribution in [0.3, 0.4) is 0 Å². The first-order chi connectivity index (χ1) is 7.45. The van der Waals surface area contributed by atoms with E-state index in [4.69, 9.17) is 0 Å². The summed E-state index contributed by atoms with van der Waals surface area (Å²) in [5.41, 5.74) is 0. The molecule has 0 amide bonds. The van der Waals surface area contributed by atoms with Gasteiger partial charge in [0.15, 0.2) is 0 Å². The molecule has 0 spiro atoms. The minimum atomic E-state index is 1.03. The highest BCUT2D eigenvalue weighted by Gasteiger charge is 2.13. The maximum Gasteiger partial charge on any atom is -0.00183 e. The lowest BCUT2D eigenvalue weighted by molar-refractivity contribution is 0.305. The first kappa shape index (κ1) is 11.4. The van der Waals surface area contributed by atoms with E-state index in [-0.39, 0.29) is 0 Å². The number of hydrogen-bond acceptors (Lipinski definition) is 2. The molecule has 0 atom stereocenters. The van der Waals surface area contributed by atoms with Crippen LogP contribution in [0, 0.1) is 5.92 Å². The molecule has 1 N–H and O–H groups in total. The Labute approximate surface area is 94.4 Å². The Kier molecular flexibility index (Phi) is 4.94. The van der Waals surface area contributed by atoms with Crippen molar-refractivity contribution in [1.29, 1.82) is 0 Å². The van der Waals surface area contributed by atoms with Crippen LogP contribution >= 0.6 is 0 Å². The van der Waals surface area contributed by atoms with Gasteiger partial charge >= 0.3 is 0 Å². The SMILES string of the molecule is C(CCN1CCCC1)CC1CCNCC1. The van der Waals surface area contributed by atoms with Crippen molar-refractivity contribution in [2.45, 2.75) is 44.9 Å². The van der Waals surface area contributed by atoms with Crippen LogP contribution in [0.15, 0.2) is 0 Å². The molecule has 0 bridgehead atoms. The van der Waals surface area contributed by atoms with Gasteiger partial charge in [0.1, 0.15) is 0 Å². The molecule has 15 heavy (non-hydrogen) atoms. The molecule has 88 valence electrons. The van der Waals surface area contributed by atoms with Crippen molar-refractivity contribution >= 4 is 0 Å². The third-order valence-corrected chi connectivity index (χ3v) is 3.99. The number of piperidine rings is 1. The maximum absolute atomic E-state index is 3.44. The van der Waals surface area contributed by atoms with E-state index in [0.717, 1.165) is 5.92 Å². The Morgan fingerprint density at radius 2 is 1.73 bits per heavy atom. The lowest BCUT2D eigenvalue weighted by atomic mass is 9.92. The molecule has 0 unspecified atom stereocenters. The van der Waals surface area contributed by atoms with Gasteiger partial charge in [0.2, 0.25) is 0 Å². The van der Waals surface area contributed by atoms with Gasteiger partial charge in [0.25, 0.3) is 0 Å². The number of unbranched alkanes of at least 4 members (excludes halogenated alkanes) is 1. The molecule has 2 saturated heterocycles. The van der Waals surface area contributed by atoms with Crippen molar-refractivity contribution in [2.24, 2.45) is 5.92 Å². The van der Waals surface area contributed by atoms with Crippen LogP contribution in [0.4, 0.5) is 0 Å². The van der Waals surface area contributed by atoms with E-state index in [1.165, 1.54) is 77.7 Å². The minimum Gasteiger partial charge on any atom is -0.317 e. The molecule has 0 saturated carbocycles. The van der Waals surface area contributed by atoms with Gasteiger partial charge in [-0.3, -0.25) is 0 Å². The molecule has 2 aliphatic heterocycles. The lowest BCUT2D eigenvalue weighted by Gasteiger charge is -2.22.